The lowest BCUT2D eigenvalue weighted by Crippen LogP contribution is -2.37. The lowest BCUT2D eigenvalue weighted by molar-refractivity contribution is 0.148. The molecule has 86 valence electrons. The number of nitrogens with zero attached hydrogens (tertiary/aromatic N) is 1. The Kier molecular flexibility index (Phi) is 2.73. The van der Waals surface area contributed by atoms with Crippen LogP contribution in [-0.4, -0.2) is 30.6 Å². The molecule has 2 unspecified atom stereocenters. The number of piperidine rings is 1. The highest BCUT2D eigenvalue weighted by molar-refractivity contribution is 4.99. The van der Waals surface area contributed by atoms with Crippen LogP contribution in [0.5, 0.6) is 0 Å². The Bertz CT molecular complexity index is 211. The highest BCUT2D eigenvalue weighted by Crippen LogP contribution is 2.46. The molecular formula is C13H24N2. The summed E-state index contributed by atoms with van der Waals surface area (Å²) in [5.41, 5.74) is 5.63. The minimum Gasteiger partial charge on any atom is -0.330 e. The van der Waals surface area contributed by atoms with Gasteiger partial charge >= 0.3 is 0 Å². The van der Waals surface area contributed by atoms with Crippen molar-refractivity contribution < 1.29 is 0 Å². The van der Waals surface area contributed by atoms with Gasteiger partial charge in [0.1, 0.15) is 0 Å². The molecule has 2 heteroatoms. The zero-order valence-electron chi connectivity index (χ0n) is 9.70. The lowest BCUT2D eigenvalue weighted by atomic mass is 9.83. The molecule has 2 N–H and O–H groups in total. The van der Waals surface area contributed by atoms with Crippen LogP contribution in [0.4, 0.5) is 0 Å². The van der Waals surface area contributed by atoms with E-state index in [0.29, 0.717) is 0 Å². The molecule has 1 aliphatic heterocycles. The van der Waals surface area contributed by atoms with Crippen LogP contribution in [0.15, 0.2) is 0 Å². The van der Waals surface area contributed by atoms with Gasteiger partial charge in [0.25, 0.3) is 0 Å². The fourth-order valence-corrected chi connectivity index (χ4v) is 3.77. The van der Waals surface area contributed by atoms with Crippen molar-refractivity contribution in [3.05, 3.63) is 0 Å². The van der Waals surface area contributed by atoms with Gasteiger partial charge in [-0.05, 0) is 62.8 Å². The van der Waals surface area contributed by atoms with Crippen LogP contribution < -0.4 is 5.73 Å². The molecule has 2 nitrogen and oxygen atoms in total. The molecule has 0 spiro atoms. The predicted molar refractivity (Wildman–Crippen MR) is 62.6 cm³/mol. The molecule has 1 saturated heterocycles. The minimum atomic E-state index is 0.892. The van der Waals surface area contributed by atoms with Crippen molar-refractivity contribution in [2.24, 2.45) is 23.5 Å². The normalized spacial score (nSPS) is 45.4. The first-order chi connectivity index (χ1) is 7.36. The van der Waals surface area contributed by atoms with E-state index in [1.807, 2.05) is 0 Å². The van der Waals surface area contributed by atoms with E-state index in [9.17, 15) is 0 Å². The molecule has 15 heavy (non-hydrogen) atoms. The summed E-state index contributed by atoms with van der Waals surface area (Å²) in [4.78, 5) is 2.79. The topological polar surface area (TPSA) is 29.3 Å². The highest BCUT2D eigenvalue weighted by Gasteiger charge is 2.46. The maximum absolute atomic E-state index is 5.63. The molecule has 0 bridgehead atoms. The number of hydrogen-bond acceptors (Lipinski definition) is 2. The summed E-state index contributed by atoms with van der Waals surface area (Å²) in [6.07, 6.45) is 8.58. The van der Waals surface area contributed by atoms with Crippen molar-refractivity contribution in [2.45, 2.75) is 44.6 Å². The zero-order valence-corrected chi connectivity index (χ0v) is 9.70. The Hall–Kier alpha value is -0.0800. The Morgan fingerprint density at radius 3 is 2.27 bits per heavy atom. The van der Waals surface area contributed by atoms with E-state index in [1.165, 1.54) is 45.2 Å². The van der Waals surface area contributed by atoms with Crippen LogP contribution in [-0.2, 0) is 0 Å². The monoisotopic (exact) mass is 208 g/mol. The Balaban J connectivity index is 1.45. The second-order valence-corrected chi connectivity index (χ2v) is 5.96. The first-order valence-electron chi connectivity index (χ1n) is 6.81. The number of fused-ring (bicyclic) bond motifs is 1. The van der Waals surface area contributed by atoms with E-state index in [0.717, 1.165) is 30.3 Å². The fraction of sp³-hybridized carbons (Fsp3) is 1.00. The van der Waals surface area contributed by atoms with Gasteiger partial charge < -0.3 is 5.73 Å². The molecule has 0 amide bonds. The Morgan fingerprint density at radius 2 is 1.67 bits per heavy atom. The summed E-state index contributed by atoms with van der Waals surface area (Å²) in [5.74, 6) is 3.15. The van der Waals surface area contributed by atoms with Crippen molar-refractivity contribution in [3.8, 4) is 0 Å². The van der Waals surface area contributed by atoms with E-state index >= 15 is 0 Å². The first-order valence-corrected chi connectivity index (χ1v) is 6.81. The summed E-state index contributed by atoms with van der Waals surface area (Å²) in [5, 5.41) is 0. The predicted octanol–water partition coefficient (Wildman–Crippen LogP) is 1.85. The molecule has 3 fully saturated rings. The lowest BCUT2D eigenvalue weighted by Gasteiger charge is -2.35. The van der Waals surface area contributed by atoms with Crippen LogP contribution in [0.25, 0.3) is 0 Å². The summed E-state index contributed by atoms with van der Waals surface area (Å²) < 4.78 is 0. The summed E-state index contributed by atoms with van der Waals surface area (Å²) in [6.45, 7) is 3.75. The number of hydrogen-bond donors (Lipinski definition) is 1. The molecule has 0 aromatic heterocycles. The molecule has 0 aromatic carbocycles. The average Bonchev–Trinajstić information content (AvgIpc) is 2.87. The van der Waals surface area contributed by atoms with Crippen LogP contribution in [0.3, 0.4) is 0 Å². The van der Waals surface area contributed by atoms with Gasteiger partial charge in [-0.2, -0.15) is 0 Å². The second kappa shape index (κ2) is 4.06. The van der Waals surface area contributed by atoms with Crippen molar-refractivity contribution in [3.63, 3.8) is 0 Å². The van der Waals surface area contributed by atoms with Gasteiger partial charge in [0.2, 0.25) is 0 Å². The van der Waals surface area contributed by atoms with E-state index in [4.69, 9.17) is 5.73 Å². The SMILES string of the molecule is NCCC1CCC(N2CC3CC3C2)CC1. The van der Waals surface area contributed by atoms with Crippen molar-refractivity contribution in [2.75, 3.05) is 19.6 Å². The average molecular weight is 208 g/mol. The van der Waals surface area contributed by atoms with E-state index in [2.05, 4.69) is 4.90 Å². The van der Waals surface area contributed by atoms with E-state index in [1.54, 1.807) is 6.42 Å². The number of rotatable bonds is 3. The third kappa shape index (κ3) is 2.07. The van der Waals surface area contributed by atoms with Crippen molar-refractivity contribution >= 4 is 0 Å². The molecule has 2 atom stereocenters. The summed E-state index contributed by atoms with van der Waals surface area (Å²) >= 11 is 0. The first kappa shape index (κ1) is 10.1. The zero-order chi connectivity index (χ0) is 10.3. The van der Waals surface area contributed by atoms with Gasteiger partial charge in [-0.15, -0.1) is 0 Å². The van der Waals surface area contributed by atoms with Crippen LogP contribution in [0, 0.1) is 17.8 Å². The third-order valence-corrected chi connectivity index (χ3v) is 4.91. The van der Waals surface area contributed by atoms with Gasteiger partial charge in [0.05, 0.1) is 0 Å². The van der Waals surface area contributed by atoms with E-state index < -0.39 is 0 Å². The number of nitrogens with two attached hydrogens (primary N) is 1. The molecule has 2 saturated carbocycles. The largest absolute Gasteiger partial charge is 0.330 e. The Labute approximate surface area is 93.2 Å². The maximum Gasteiger partial charge on any atom is 0.00956 e. The smallest absolute Gasteiger partial charge is 0.00956 e. The molecule has 1 heterocycles. The molecular weight excluding hydrogens is 184 g/mol. The highest BCUT2D eigenvalue weighted by atomic mass is 15.2. The number of likely N-dealkylation sites (tertiary alicyclic amines) is 1. The van der Waals surface area contributed by atoms with Crippen LogP contribution in [0.2, 0.25) is 0 Å². The Morgan fingerprint density at radius 1 is 1.00 bits per heavy atom. The van der Waals surface area contributed by atoms with Gasteiger partial charge in [-0.1, -0.05) is 0 Å². The summed E-state index contributed by atoms with van der Waals surface area (Å²) in [6, 6.07) is 0.937. The second-order valence-electron chi connectivity index (χ2n) is 5.96. The molecule has 3 rings (SSSR count). The quantitative estimate of drug-likeness (QED) is 0.767. The van der Waals surface area contributed by atoms with Gasteiger partial charge in [-0.25, -0.2) is 0 Å². The fourth-order valence-electron chi connectivity index (χ4n) is 3.77. The standard InChI is InChI=1S/C13H24N2/c14-6-5-10-1-3-13(4-2-10)15-8-11-7-12(11)9-15/h10-13H,1-9,14H2. The summed E-state index contributed by atoms with van der Waals surface area (Å²) in [7, 11) is 0. The van der Waals surface area contributed by atoms with Crippen LogP contribution in [0.1, 0.15) is 38.5 Å². The molecule has 0 radical (unpaired) electrons. The van der Waals surface area contributed by atoms with Crippen molar-refractivity contribution in [1.29, 1.82) is 0 Å². The van der Waals surface area contributed by atoms with Crippen LogP contribution >= 0.6 is 0 Å². The molecule has 0 aromatic rings. The minimum absolute atomic E-state index is 0.892. The third-order valence-electron chi connectivity index (χ3n) is 4.91. The van der Waals surface area contributed by atoms with Gasteiger partial charge in [-0.3, -0.25) is 4.90 Å². The molecule has 3 aliphatic rings. The molecule has 2 aliphatic carbocycles. The van der Waals surface area contributed by atoms with Gasteiger partial charge in [0.15, 0.2) is 0 Å². The maximum atomic E-state index is 5.63. The van der Waals surface area contributed by atoms with Crippen molar-refractivity contribution in [1.82, 2.24) is 4.90 Å². The van der Waals surface area contributed by atoms with Gasteiger partial charge in [0, 0.05) is 19.1 Å². The van der Waals surface area contributed by atoms with E-state index in [-0.39, 0.29) is 0 Å².